The van der Waals surface area contributed by atoms with Gasteiger partial charge in [0, 0.05) is 16.3 Å². The molecule has 0 saturated carbocycles. The molecular weight excluding hydrogens is 302 g/mol. The van der Waals surface area contributed by atoms with Crippen LogP contribution < -0.4 is 4.90 Å². The van der Waals surface area contributed by atoms with E-state index in [0.29, 0.717) is 6.17 Å². The quantitative estimate of drug-likeness (QED) is 0.816. The Morgan fingerprint density at radius 3 is 1.87 bits per heavy atom. The summed E-state index contributed by atoms with van der Waals surface area (Å²) in [4.78, 5) is 9.76. The van der Waals surface area contributed by atoms with E-state index in [4.69, 9.17) is 0 Å². The number of benzene rings is 2. The summed E-state index contributed by atoms with van der Waals surface area (Å²) in [5.74, 6) is 0. The highest BCUT2D eigenvalue weighted by atomic mass is 32.2. The molecule has 122 valence electrons. The topological polar surface area (TPSA) is 9.72 Å². The third kappa shape index (κ3) is 3.39. The van der Waals surface area contributed by atoms with E-state index in [1.807, 2.05) is 11.8 Å². The van der Waals surface area contributed by atoms with Crippen LogP contribution in [0.4, 0.5) is 11.4 Å². The maximum Gasteiger partial charge on any atom is 0.0878 e. The van der Waals surface area contributed by atoms with Crippen LogP contribution >= 0.6 is 11.8 Å². The highest BCUT2D eigenvalue weighted by molar-refractivity contribution is 7.99. The fraction of sp³-hybridized carbons (Fsp3) is 0.368. The molecule has 0 fully saturated rings. The molecule has 1 aliphatic heterocycles. The van der Waals surface area contributed by atoms with Crippen molar-refractivity contribution in [3.63, 3.8) is 0 Å². The minimum Gasteiger partial charge on any atom is -0.323 e. The summed E-state index contributed by atoms with van der Waals surface area (Å²) in [6, 6.07) is 17.5. The lowest BCUT2D eigenvalue weighted by atomic mass is 10.1. The van der Waals surface area contributed by atoms with Crippen molar-refractivity contribution >= 4 is 23.1 Å². The Kier molecular flexibility index (Phi) is 4.95. The van der Waals surface area contributed by atoms with Crippen LogP contribution in [0.25, 0.3) is 0 Å². The van der Waals surface area contributed by atoms with E-state index in [2.05, 4.69) is 91.4 Å². The number of para-hydroxylation sites is 2. The Hall–Kier alpha value is -1.49. The number of anilines is 2. The van der Waals surface area contributed by atoms with Crippen LogP contribution in [0, 0.1) is 0 Å². The van der Waals surface area contributed by atoms with Gasteiger partial charge >= 0.3 is 0 Å². The molecule has 0 unspecified atom stereocenters. The summed E-state index contributed by atoms with van der Waals surface area (Å²) in [6.45, 7) is 1.07. The molecule has 1 aliphatic rings. The summed E-state index contributed by atoms with van der Waals surface area (Å²) in [5.41, 5.74) is 2.63. The van der Waals surface area contributed by atoms with E-state index >= 15 is 0 Å². The van der Waals surface area contributed by atoms with Gasteiger partial charge in [0.1, 0.15) is 0 Å². The van der Waals surface area contributed by atoms with E-state index in [9.17, 15) is 0 Å². The molecule has 3 nitrogen and oxygen atoms in total. The van der Waals surface area contributed by atoms with Gasteiger partial charge in [-0.2, -0.15) is 0 Å². The molecule has 2 aromatic carbocycles. The van der Waals surface area contributed by atoms with Gasteiger partial charge in [-0.25, -0.2) is 0 Å². The molecule has 1 heterocycles. The van der Waals surface area contributed by atoms with Crippen molar-refractivity contribution in [2.24, 2.45) is 0 Å². The van der Waals surface area contributed by atoms with Crippen LogP contribution in [0.3, 0.4) is 0 Å². The molecule has 0 aliphatic carbocycles. The van der Waals surface area contributed by atoms with Crippen LogP contribution in [-0.2, 0) is 0 Å². The SMILES string of the molecule is CN(C)CC[C@@H](N(C)C)N1c2ccccc2Sc2ccccc21. The maximum absolute atomic E-state index is 2.50. The van der Waals surface area contributed by atoms with Gasteiger partial charge in [0.25, 0.3) is 0 Å². The zero-order valence-corrected chi connectivity index (χ0v) is 15.2. The van der Waals surface area contributed by atoms with Crippen molar-refractivity contribution in [3.8, 4) is 0 Å². The van der Waals surface area contributed by atoms with Crippen LogP contribution in [-0.4, -0.2) is 50.7 Å². The van der Waals surface area contributed by atoms with E-state index < -0.39 is 0 Å². The molecule has 0 N–H and O–H groups in total. The van der Waals surface area contributed by atoms with Gasteiger partial charge in [-0.3, -0.25) is 4.90 Å². The first-order chi connectivity index (χ1) is 11.1. The maximum atomic E-state index is 2.50. The molecule has 0 radical (unpaired) electrons. The summed E-state index contributed by atoms with van der Waals surface area (Å²) < 4.78 is 0. The number of hydrogen-bond acceptors (Lipinski definition) is 4. The second kappa shape index (κ2) is 6.95. The summed E-state index contributed by atoms with van der Waals surface area (Å²) >= 11 is 1.87. The predicted molar refractivity (Wildman–Crippen MR) is 99.8 cm³/mol. The van der Waals surface area contributed by atoms with E-state index in [1.54, 1.807) is 0 Å². The molecule has 0 amide bonds. The molecule has 0 saturated heterocycles. The van der Waals surface area contributed by atoms with Gasteiger partial charge in [-0.1, -0.05) is 36.0 Å². The van der Waals surface area contributed by atoms with Gasteiger partial charge in [-0.15, -0.1) is 0 Å². The molecule has 1 atom stereocenters. The van der Waals surface area contributed by atoms with Crippen molar-refractivity contribution in [1.29, 1.82) is 0 Å². The highest BCUT2D eigenvalue weighted by Crippen LogP contribution is 2.49. The van der Waals surface area contributed by atoms with Crippen LogP contribution in [0.15, 0.2) is 58.3 Å². The molecule has 0 spiro atoms. The average Bonchev–Trinajstić information content (AvgIpc) is 2.53. The van der Waals surface area contributed by atoms with Gasteiger partial charge in [0.05, 0.1) is 17.5 Å². The molecule has 23 heavy (non-hydrogen) atoms. The van der Waals surface area contributed by atoms with Crippen LogP contribution in [0.5, 0.6) is 0 Å². The average molecular weight is 327 g/mol. The summed E-state index contributed by atoms with van der Waals surface area (Å²) in [7, 11) is 8.63. The number of hydrogen-bond donors (Lipinski definition) is 0. The Morgan fingerprint density at radius 1 is 0.870 bits per heavy atom. The molecule has 3 rings (SSSR count). The highest BCUT2D eigenvalue weighted by Gasteiger charge is 2.29. The molecular formula is C19H25N3S. The van der Waals surface area contributed by atoms with E-state index in [0.717, 1.165) is 13.0 Å². The molecule has 4 heteroatoms. The first kappa shape index (κ1) is 16.4. The Labute approximate surface area is 143 Å². The zero-order valence-electron chi connectivity index (χ0n) is 14.4. The van der Waals surface area contributed by atoms with Crippen molar-refractivity contribution in [1.82, 2.24) is 9.80 Å². The normalized spacial score (nSPS) is 14.8. The lowest BCUT2D eigenvalue weighted by Gasteiger charge is -2.42. The lowest BCUT2D eigenvalue weighted by molar-refractivity contribution is 0.253. The minimum atomic E-state index is 0.334. The lowest BCUT2D eigenvalue weighted by Crippen LogP contribution is -2.45. The first-order valence-electron chi connectivity index (χ1n) is 8.04. The fourth-order valence-electron chi connectivity index (χ4n) is 3.05. The Bertz CT molecular complexity index is 624. The number of fused-ring (bicyclic) bond motifs is 2. The minimum absolute atomic E-state index is 0.334. The van der Waals surface area contributed by atoms with Crippen molar-refractivity contribution in [2.75, 3.05) is 39.6 Å². The molecule has 0 aromatic heterocycles. The largest absolute Gasteiger partial charge is 0.323 e. The van der Waals surface area contributed by atoms with E-state index in [1.165, 1.54) is 21.2 Å². The monoisotopic (exact) mass is 327 g/mol. The Balaban J connectivity index is 2.05. The standard InChI is InChI=1S/C19H25N3S/c1-20(2)14-13-19(21(3)4)22-15-9-5-7-11-17(15)23-18-12-8-6-10-16(18)22/h5-12,19H,13-14H2,1-4H3/t19-/m0/s1. The van der Waals surface area contributed by atoms with E-state index in [-0.39, 0.29) is 0 Å². The second-order valence-electron chi connectivity index (χ2n) is 6.44. The predicted octanol–water partition coefficient (Wildman–Crippen LogP) is 4.13. The van der Waals surface area contributed by atoms with Crippen LogP contribution in [0.1, 0.15) is 6.42 Å². The zero-order chi connectivity index (χ0) is 16.4. The van der Waals surface area contributed by atoms with Gasteiger partial charge < -0.3 is 9.80 Å². The summed E-state index contributed by atoms with van der Waals surface area (Å²) in [6.07, 6.45) is 1.42. The fourth-order valence-corrected chi connectivity index (χ4v) is 4.12. The van der Waals surface area contributed by atoms with Crippen molar-refractivity contribution < 1.29 is 0 Å². The number of rotatable bonds is 5. The third-order valence-corrected chi connectivity index (χ3v) is 5.33. The van der Waals surface area contributed by atoms with Crippen LogP contribution in [0.2, 0.25) is 0 Å². The Morgan fingerprint density at radius 2 is 1.39 bits per heavy atom. The molecule has 2 aromatic rings. The van der Waals surface area contributed by atoms with Crippen molar-refractivity contribution in [3.05, 3.63) is 48.5 Å². The third-order valence-electron chi connectivity index (χ3n) is 4.20. The van der Waals surface area contributed by atoms with Gasteiger partial charge in [-0.05, 0) is 58.9 Å². The smallest absolute Gasteiger partial charge is 0.0878 e. The van der Waals surface area contributed by atoms with Gasteiger partial charge in [0.15, 0.2) is 0 Å². The van der Waals surface area contributed by atoms with Crippen molar-refractivity contribution in [2.45, 2.75) is 22.4 Å². The first-order valence-corrected chi connectivity index (χ1v) is 8.86. The second-order valence-corrected chi connectivity index (χ2v) is 7.53. The van der Waals surface area contributed by atoms with Gasteiger partial charge in [0.2, 0.25) is 0 Å². The summed E-state index contributed by atoms with van der Waals surface area (Å²) in [5, 5.41) is 0. The molecule has 0 bridgehead atoms. The number of nitrogens with zero attached hydrogens (tertiary/aromatic N) is 3.